The minimum Gasteiger partial charge on any atom is -0.460 e. The first kappa shape index (κ1) is 32.9. The first-order chi connectivity index (χ1) is 18.8. The van der Waals surface area contributed by atoms with E-state index in [1.165, 1.54) is 69.9 Å². The van der Waals surface area contributed by atoms with Crippen molar-refractivity contribution in [1.29, 1.82) is 0 Å². The maximum absolute atomic E-state index is 12.6. The highest BCUT2D eigenvalue weighted by Gasteiger charge is 2.45. The van der Waals surface area contributed by atoms with Crippen molar-refractivity contribution in [3.63, 3.8) is 0 Å². The van der Waals surface area contributed by atoms with Crippen molar-refractivity contribution in [1.82, 2.24) is 0 Å². The smallest absolute Gasteiger partial charge is 0.271 e. The molecule has 0 aromatic heterocycles. The molecule has 1 aromatic carbocycles. The molecule has 222 valence electrons. The molecular weight excluding hydrogens is 508 g/mol. The van der Waals surface area contributed by atoms with Crippen LogP contribution in [0.1, 0.15) is 96.8 Å². The predicted molar refractivity (Wildman–Crippen MR) is 146 cm³/mol. The van der Waals surface area contributed by atoms with Gasteiger partial charge in [-0.1, -0.05) is 84.0 Å². The number of hydrogen-bond acceptors (Lipinski definition) is 9. The largest absolute Gasteiger partial charge is 0.460 e. The first-order valence-corrected chi connectivity index (χ1v) is 14.3. The summed E-state index contributed by atoms with van der Waals surface area (Å²) in [6.45, 7) is 1.60. The molecule has 0 radical (unpaired) electrons. The average Bonchev–Trinajstić information content (AvgIpc) is 2.92. The van der Waals surface area contributed by atoms with Crippen LogP contribution in [-0.4, -0.2) is 68.6 Å². The van der Waals surface area contributed by atoms with E-state index in [2.05, 4.69) is 12.2 Å². The summed E-state index contributed by atoms with van der Waals surface area (Å²) in [6, 6.07) is 3.56. The van der Waals surface area contributed by atoms with Crippen molar-refractivity contribution >= 4 is 17.3 Å². The fraction of sp³-hybridized carbons (Fsp3) is 0.750. The number of anilines is 1. The first-order valence-electron chi connectivity index (χ1n) is 14.3. The molecule has 1 aromatic rings. The van der Waals surface area contributed by atoms with E-state index in [1.807, 2.05) is 0 Å². The molecule has 11 heteroatoms. The predicted octanol–water partition coefficient (Wildman–Crippen LogP) is 4.19. The number of rotatable bonds is 19. The molecule has 2 rings (SSSR count). The highest BCUT2D eigenvalue weighted by atomic mass is 16.7. The van der Waals surface area contributed by atoms with E-state index < -0.39 is 42.2 Å². The number of benzene rings is 1. The van der Waals surface area contributed by atoms with Crippen LogP contribution in [0.15, 0.2) is 18.2 Å². The lowest BCUT2D eigenvalue weighted by Gasteiger charge is -2.39. The number of carbonyl (C=O) groups is 1. The van der Waals surface area contributed by atoms with Gasteiger partial charge in [0.15, 0.2) is 0 Å². The molecule has 1 fully saturated rings. The maximum atomic E-state index is 12.6. The van der Waals surface area contributed by atoms with Crippen LogP contribution >= 0.6 is 0 Å². The molecule has 1 amide bonds. The molecule has 0 aliphatic carbocycles. The van der Waals surface area contributed by atoms with Crippen LogP contribution in [0.4, 0.5) is 11.4 Å². The lowest BCUT2D eigenvalue weighted by atomic mass is 9.99. The molecule has 1 saturated heterocycles. The summed E-state index contributed by atoms with van der Waals surface area (Å²) in [5, 5.41) is 53.5. The Labute approximate surface area is 230 Å². The van der Waals surface area contributed by atoms with Crippen LogP contribution in [0.25, 0.3) is 0 Å². The van der Waals surface area contributed by atoms with E-state index in [1.54, 1.807) is 0 Å². The van der Waals surface area contributed by atoms with E-state index in [-0.39, 0.29) is 29.5 Å². The van der Waals surface area contributed by atoms with Crippen molar-refractivity contribution in [3.8, 4) is 5.75 Å². The van der Waals surface area contributed by atoms with Gasteiger partial charge in [0.2, 0.25) is 12.2 Å². The Hall–Kier alpha value is -2.31. The number of aliphatic hydroxyl groups is 4. The van der Waals surface area contributed by atoms with E-state index in [9.17, 15) is 35.3 Å². The fourth-order valence-corrected chi connectivity index (χ4v) is 4.64. The standard InChI is InChI=1S/C28H46N2O9/c1-2-3-4-5-6-7-8-9-10-11-12-13-14-15-24(32)29-21-18-20(30(36)37)16-17-22(21)38-28-27(35)26(34)25(33)23(19-31)39-28/h16-18,23,25-28,31,33-35H,2-15,19H2,1H3,(H,29,32)/t23-,25+,26+,27-,28-/m1/s1. The lowest BCUT2D eigenvalue weighted by molar-refractivity contribution is -0.384. The second-order valence-electron chi connectivity index (χ2n) is 10.3. The Morgan fingerprint density at radius 3 is 2.03 bits per heavy atom. The Kier molecular flexibility index (Phi) is 15.3. The number of hydrogen-bond donors (Lipinski definition) is 5. The van der Waals surface area contributed by atoms with E-state index in [4.69, 9.17) is 9.47 Å². The number of ether oxygens (including phenoxy) is 2. The van der Waals surface area contributed by atoms with Crippen LogP contribution in [-0.2, 0) is 9.53 Å². The van der Waals surface area contributed by atoms with Crippen LogP contribution in [0, 0.1) is 10.1 Å². The average molecular weight is 555 g/mol. The number of nitro benzene ring substituents is 1. The van der Waals surface area contributed by atoms with E-state index in [0.717, 1.165) is 25.3 Å². The zero-order valence-corrected chi connectivity index (χ0v) is 23.0. The molecular formula is C28H46N2O9. The lowest BCUT2D eigenvalue weighted by Crippen LogP contribution is -2.60. The fourth-order valence-electron chi connectivity index (χ4n) is 4.64. The number of amides is 1. The molecule has 5 atom stereocenters. The number of unbranched alkanes of at least 4 members (excludes halogenated alkanes) is 12. The van der Waals surface area contributed by atoms with Crippen LogP contribution in [0.2, 0.25) is 0 Å². The van der Waals surface area contributed by atoms with Gasteiger partial charge in [0.1, 0.15) is 30.2 Å². The summed E-state index contributed by atoms with van der Waals surface area (Å²) < 4.78 is 11.0. The summed E-state index contributed by atoms with van der Waals surface area (Å²) in [5.74, 6) is -0.360. The van der Waals surface area contributed by atoms with Crippen molar-refractivity contribution < 1.29 is 39.6 Å². The number of carbonyl (C=O) groups excluding carboxylic acids is 1. The molecule has 1 aliphatic rings. The maximum Gasteiger partial charge on any atom is 0.271 e. The van der Waals surface area contributed by atoms with Crippen LogP contribution in [0.5, 0.6) is 5.75 Å². The Morgan fingerprint density at radius 1 is 0.923 bits per heavy atom. The summed E-state index contributed by atoms with van der Waals surface area (Å²) in [7, 11) is 0. The monoisotopic (exact) mass is 554 g/mol. The molecule has 5 N–H and O–H groups in total. The number of non-ortho nitro benzene ring substituents is 1. The van der Waals surface area contributed by atoms with Crippen molar-refractivity contribution in [2.24, 2.45) is 0 Å². The van der Waals surface area contributed by atoms with Gasteiger partial charge in [-0.3, -0.25) is 14.9 Å². The topological polar surface area (TPSA) is 172 Å². The van der Waals surface area contributed by atoms with Gasteiger partial charge in [0, 0.05) is 18.6 Å². The summed E-state index contributed by atoms with van der Waals surface area (Å²) in [5.41, 5.74) is -0.256. The zero-order chi connectivity index (χ0) is 28.6. The number of nitrogens with zero attached hydrogens (tertiary/aromatic N) is 1. The SMILES string of the molecule is CCCCCCCCCCCCCCCC(=O)Nc1cc([N+](=O)[O-])ccc1O[C@@H]1O[C@H](CO)[C@H](O)[C@H](O)[C@H]1O. The van der Waals surface area contributed by atoms with Gasteiger partial charge in [-0.25, -0.2) is 0 Å². The second-order valence-corrected chi connectivity index (χ2v) is 10.3. The number of aliphatic hydroxyl groups excluding tert-OH is 4. The molecule has 0 unspecified atom stereocenters. The molecule has 39 heavy (non-hydrogen) atoms. The van der Waals surface area contributed by atoms with Gasteiger partial charge in [-0.05, 0) is 12.5 Å². The summed E-state index contributed by atoms with van der Waals surface area (Å²) in [4.78, 5) is 23.2. The number of nitro groups is 1. The highest BCUT2D eigenvalue weighted by Crippen LogP contribution is 2.33. The second kappa shape index (κ2) is 18.1. The summed E-state index contributed by atoms with van der Waals surface area (Å²) in [6.07, 6.45) is 8.15. The highest BCUT2D eigenvalue weighted by molar-refractivity contribution is 5.92. The molecule has 0 bridgehead atoms. The normalized spacial score (nSPS) is 22.9. The van der Waals surface area contributed by atoms with Crippen molar-refractivity contribution in [2.75, 3.05) is 11.9 Å². The molecule has 11 nitrogen and oxygen atoms in total. The minimum atomic E-state index is -1.66. The van der Waals surface area contributed by atoms with Gasteiger partial charge in [-0.2, -0.15) is 0 Å². The van der Waals surface area contributed by atoms with Gasteiger partial charge in [0.25, 0.3) is 5.69 Å². The quantitative estimate of drug-likeness (QED) is 0.0955. The van der Waals surface area contributed by atoms with E-state index >= 15 is 0 Å². The zero-order valence-electron chi connectivity index (χ0n) is 23.0. The minimum absolute atomic E-state index is 0.0147. The van der Waals surface area contributed by atoms with Crippen molar-refractivity contribution in [3.05, 3.63) is 28.3 Å². The van der Waals surface area contributed by atoms with Gasteiger partial charge < -0.3 is 35.2 Å². The third kappa shape index (κ3) is 11.4. The van der Waals surface area contributed by atoms with E-state index in [0.29, 0.717) is 6.42 Å². The molecule has 1 aliphatic heterocycles. The van der Waals surface area contributed by atoms with Gasteiger partial charge in [0.05, 0.1) is 17.2 Å². The molecule has 0 spiro atoms. The third-order valence-electron chi connectivity index (χ3n) is 7.05. The van der Waals surface area contributed by atoms with Gasteiger partial charge >= 0.3 is 0 Å². The molecule has 1 heterocycles. The van der Waals surface area contributed by atoms with Crippen LogP contribution < -0.4 is 10.1 Å². The van der Waals surface area contributed by atoms with Crippen LogP contribution in [0.3, 0.4) is 0 Å². The summed E-state index contributed by atoms with van der Waals surface area (Å²) >= 11 is 0. The Balaban J connectivity index is 1.78. The third-order valence-corrected chi connectivity index (χ3v) is 7.05. The Bertz CT molecular complexity index is 867. The Morgan fingerprint density at radius 2 is 1.49 bits per heavy atom. The van der Waals surface area contributed by atoms with Gasteiger partial charge in [-0.15, -0.1) is 0 Å². The molecule has 0 saturated carbocycles. The number of nitrogens with one attached hydrogen (secondary N) is 1. The van der Waals surface area contributed by atoms with Crippen molar-refractivity contribution in [2.45, 2.75) is 128 Å².